The van der Waals surface area contributed by atoms with Gasteiger partial charge in [0.2, 0.25) is 0 Å². The summed E-state index contributed by atoms with van der Waals surface area (Å²) in [5.41, 5.74) is 0.179. The van der Waals surface area contributed by atoms with Gasteiger partial charge < -0.3 is 10.2 Å². The molecule has 2 saturated carbocycles. The fraction of sp³-hybridized carbons (Fsp3) is 0.727. The molecule has 0 aliphatic heterocycles. The molecule has 0 amide bonds. The number of carbonyl (C=O) groups is 2. The molecule has 2 N–H and O–H groups in total. The minimum absolute atomic E-state index is 0.0372. The normalized spacial score (nSPS) is 47.0. The molecule has 0 aromatic carbocycles. The van der Waals surface area contributed by atoms with Gasteiger partial charge in [-0.25, -0.2) is 0 Å². The lowest BCUT2D eigenvalue weighted by atomic mass is 9.48. The Morgan fingerprint density at radius 3 is 2.65 bits per heavy atom. The maximum absolute atomic E-state index is 11.9. The highest BCUT2D eigenvalue weighted by atomic mass is 16.4. The van der Waals surface area contributed by atoms with Crippen LogP contribution in [0, 0.1) is 28.6 Å². The summed E-state index contributed by atoms with van der Waals surface area (Å²) < 4.78 is 0. The second kappa shape index (κ2) is 5.79. The van der Waals surface area contributed by atoms with E-state index in [0.717, 1.165) is 25.7 Å². The van der Waals surface area contributed by atoms with Crippen molar-refractivity contribution in [1.82, 2.24) is 0 Å². The number of aliphatic hydroxyl groups is 1. The van der Waals surface area contributed by atoms with Crippen molar-refractivity contribution >= 4 is 11.8 Å². The van der Waals surface area contributed by atoms with Crippen molar-refractivity contribution < 1.29 is 19.8 Å². The summed E-state index contributed by atoms with van der Waals surface area (Å²) in [5.74, 6) is 0.748. The number of hydrogen-bond acceptors (Lipinski definition) is 3. The molecule has 0 aromatic heterocycles. The van der Waals surface area contributed by atoms with E-state index in [2.05, 4.69) is 26.0 Å². The van der Waals surface area contributed by atoms with E-state index in [1.807, 2.05) is 6.08 Å². The third-order valence-electron chi connectivity index (χ3n) is 8.59. The zero-order valence-electron chi connectivity index (χ0n) is 15.8. The lowest BCUT2D eigenvalue weighted by molar-refractivity contribution is -0.144. The topological polar surface area (TPSA) is 74.6 Å². The van der Waals surface area contributed by atoms with Gasteiger partial charge in [-0.05, 0) is 78.8 Å². The van der Waals surface area contributed by atoms with E-state index in [9.17, 15) is 14.7 Å². The Kier molecular flexibility index (Phi) is 4.00. The molecule has 4 rings (SSSR count). The van der Waals surface area contributed by atoms with E-state index in [1.165, 1.54) is 5.57 Å². The van der Waals surface area contributed by atoms with Crippen molar-refractivity contribution in [2.45, 2.75) is 70.8 Å². The monoisotopic (exact) mass is 358 g/mol. The van der Waals surface area contributed by atoms with Gasteiger partial charge in [0.05, 0.1) is 5.60 Å². The van der Waals surface area contributed by atoms with Crippen LogP contribution in [0.1, 0.15) is 65.2 Å². The average molecular weight is 358 g/mol. The van der Waals surface area contributed by atoms with Crippen LogP contribution in [-0.2, 0) is 9.59 Å². The van der Waals surface area contributed by atoms with Crippen LogP contribution >= 0.6 is 0 Å². The molecule has 4 aliphatic carbocycles. The van der Waals surface area contributed by atoms with Gasteiger partial charge in [-0.1, -0.05) is 26.0 Å². The molecule has 26 heavy (non-hydrogen) atoms. The number of allylic oxidation sites excluding steroid dienone is 4. The van der Waals surface area contributed by atoms with Crippen LogP contribution in [0.25, 0.3) is 0 Å². The first-order valence-electron chi connectivity index (χ1n) is 10.1. The third kappa shape index (κ3) is 2.37. The molecular formula is C22H30O4. The Bertz CT molecular complexity index is 707. The van der Waals surface area contributed by atoms with Crippen LogP contribution in [0.4, 0.5) is 0 Å². The molecule has 4 aliphatic rings. The molecule has 0 radical (unpaired) electrons. The second-order valence-corrected chi connectivity index (χ2v) is 9.55. The van der Waals surface area contributed by atoms with Gasteiger partial charge >= 0.3 is 5.97 Å². The van der Waals surface area contributed by atoms with E-state index in [4.69, 9.17) is 5.11 Å². The van der Waals surface area contributed by atoms with Crippen molar-refractivity contribution in [3.63, 3.8) is 0 Å². The van der Waals surface area contributed by atoms with Crippen LogP contribution in [0.5, 0.6) is 0 Å². The molecule has 0 spiro atoms. The Labute approximate surface area is 155 Å². The average Bonchev–Trinajstić information content (AvgIpc) is 2.86. The molecule has 0 heterocycles. The largest absolute Gasteiger partial charge is 0.481 e. The Balaban J connectivity index is 1.66. The maximum atomic E-state index is 11.9. The first-order valence-corrected chi connectivity index (χ1v) is 10.1. The lowest BCUT2D eigenvalue weighted by Crippen LogP contribution is -2.53. The number of carboxylic acid groups (broad SMARTS) is 1. The van der Waals surface area contributed by atoms with Gasteiger partial charge in [-0.2, -0.15) is 0 Å². The number of rotatable bonds is 3. The number of carboxylic acids is 1. The van der Waals surface area contributed by atoms with E-state index in [1.54, 1.807) is 0 Å². The number of ketones is 1. The second-order valence-electron chi connectivity index (χ2n) is 9.55. The van der Waals surface area contributed by atoms with Crippen molar-refractivity contribution in [1.29, 1.82) is 0 Å². The summed E-state index contributed by atoms with van der Waals surface area (Å²) in [5, 5.41) is 20.5. The van der Waals surface area contributed by atoms with Gasteiger partial charge in [0, 0.05) is 12.8 Å². The first kappa shape index (κ1) is 18.0. The molecule has 142 valence electrons. The zero-order chi connectivity index (χ0) is 18.7. The van der Waals surface area contributed by atoms with Gasteiger partial charge in [0.1, 0.15) is 0 Å². The standard InChI is InChI=1S/C22H30O4/c1-20-9-5-15(23)13-14(20)3-4-16-17(20)6-10-21(2)18(16)7-11-22(21,26)12-8-19(24)25/h3-4,13,16-18,26H,5-12H2,1-2H3,(H,24,25)/t16-,17+,18+,20-,21-,22+/m0/s1. The Morgan fingerprint density at radius 2 is 1.92 bits per heavy atom. The van der Waals surface area contributed by atoms with Crippen molar-refractivity contribution in [3.05, 3.63) is 23.8 Å². The van der Waals surface area contributed by atoms with E-state index < -0.39 is 11.6 Å². The lowest BCUT2D eigenvalue weighted by Gasteiger charge is -2.57. The highest BCUT2D eigenvalue weighted by molar-refractivity contribution is 5.92. The van der Waals surface area contributed by atoms with E-state index >= 15 is 0 Å². The molecule has 0 aromatic rings. The predicted molar refractivity (Wildman–Crippen MR) is 98.4 cm³/mol. The van der Waals surface area contributed by atoms with Crippen molar-refractivity contribution in [2.75, 3.05) is 0 Å². The first-order chi connectivity index (χ1) is 12.2. The summed E-state index contributed by atoms with van der Waals surface area (Å²) in [6.45, 7) is 4.51. The minimum Gasteiger partial charge on any atom is -0.481 e. The number of carbonyl (C=O) groups excluding carboxylic acids is 1. The van der Waals surface area contributed by atoms with Crippen LogP contribution < -0.4 is 0 Å². The van der Waals surface area contributed by atoms with Gasteiger partial charge in [0.15, 0.2) is 5.78 Å². The zero-order valence-corrected chi connectivity index (χ0v) is 15.8. The fourth-order valence-corrected chi connectivity index (χ4v) is 6.83. The molecule has 6 atom stereocenters. The predicted octanol–water partition coefficient (Wildman–Crippen LogP) is 3.89. The van der Waals surface area contributed by atoms with Crippen LogP contribution in [0.3, 0.4) is 0 Å². The molecular weight excluding hydrogens is 328 g/mol. The van der Waals surface area contributed by atoms with Crippen LogP contribution in [0.2, 0.25) is 0 Å². The van der Waals surface area contributed by atoms with Gasteiger partial charge in [-0.15, -0.1) is 0 Å². The smallest absolute Gasteiger partial charge is 0.303 e. The van der Waals surface area contributed by atoms with E-state index in [-0.39, 0.29) is 23.0 Å². The summed E-state index contributed by atoms with van der Waals surface area (Å²) in [7, 11) is 0. The molecule has 4 nitrogen and oxygen atoms in total. The van der Waals surface area contributed by atoms with Crippen molar-refractivity contribution in [3.8, 4) is 0 Å². The maximum Gasteiger partial charge on any atom is 0.303 e. The SMILES string of the molecule is C[C@]12CCC(=O)C=C1C=C[C@H]1[C@H]2CC[C@@]2(C)[C@@H]1CC[C@@]2(O)CCC(=O)O. The molecule has 0 saturated heterocycles. The van der Waals surface area contributed by atoms with Gasteiger partial charge in [-0.3, -0.25) is 9.59 Å². The number of aliphatic carboxylic acids is 1. The van der Waals surface area contributed by atoms with Crippen molar-refractivity contribution in [2.24, 2.45) is 28.6 Å². The van der Waals surface area contributed by atoms with Crippen LogP contribution in [-0.4, -0.2) is 27.6 Å². The molecule has 0 bridgehead atoms. The fourth-order valence-electron chi connectivity index (χ4n) is 6.83. The summed E-state index contributed by atoms with van der Waals surface area (Å²) in [6, 6.07) is 0. The minimum atomic E-state index is -0.867. The Morgan fingerprint density at radius 1 is 1.19 bits per heavy atom. The molecule has 4 heteroatoms. The summed E-state index contributed by atoms with van der Waals surface area (Å²) >= 11 is 0. The summed E-state index contributed by atoms with van der Waals surface area (Å²) in [6.07, 6.45) is 11.9. The highest BCUT2D eigenvalue weighted by Gasteiger charge is 2.62. The Hall–Kier alpha value is -1.42. The van der Waals surface area contributed by atoms with Crippen LogP contribution in [0.15, 0.2) is 23.8 Å². The number of fused-ring (bicyclic) bond motifs is 5. The molecule has 2 fully saturated rings. The summed E-state index contributed by atoms with van der Waals surface area (Å²) in [4.78, 5) is 22.9. The van der Waals surface area contributed by atoms with E-state index in [0.29, 0.717) is 37.0 Å². The highest BCUT2D eigenvalue weighted by Crippen LogP contribution is 2.66. The molecule has 0 unspecified atom stereocenters. The third-order valence-corrected chi connectivity index (χ3v) is 8.59. The van der Waals surface area contributed by atoms with Gasteiger partial charge in [0.25, 0.3) is 0 Å². The number of hydrogen-bond donors (Lipinski definition) is 2. The quantitative estimate of drug-likeness (QED) is 0.802.